The Hall–Kier alpha value is -2.11. The number of hydrogen-bond donors (Lipinski definition) is 1. The molecule has 1 aromatic carbocycles. The molecule has 0 unspecified atom stereocenters. The molecule has 0 amide bonds. The predicted molar refractivity (Wildman–Crippen MR) is 55.1 cm³/mol. The van der Waals surface area contributed by atoms with Crippen LogP contribution in [0.3, 0.4) is 0 Å². The van der Waals surface area contributed by atoms with Crippen molar-refractivity contribution in [3.63, 3.8) is 0 Å². The minimum Gasteiger partial charge on any atom is -0.490 e. The van der Waals surface area contributed by atoms with E-state index in [1.807, 2.05) is 0 Å². The number of aromatic carboxylic acids is 1. The fraction of sp³-hybridized carbons (Fsp3) is 0.300. The number of rotatable bonds is 2. The van der Waals surface area contributed by atoms with Crippen molar-refractivity contribution in [1.29, 1.82) is 0 Å². The molecule has 0 spiro atoms. The molecule has 1 aliphatic heterocycles. The van der Waals surface area contributed by atoms with Crippen molar-refractivity contribution >= 4 is 5.97 Å². The average Bonchev–Trinajstić information content (AvgIpc) is 2.49. The maximum absolute atomic E-state index is 11.0. The van der Waals surface area contributed by atoms with E-state index in [9.17, 15) is 9.70 Å². The van der Waals surface area contributed by atoms with Crippen LogP contribution in [0.2, 0.25) is 0 Å². The Kier molecular flexibility index (Phi) is 2.72. The van der Waals surface area contributed by atoms with Gasteiger partial charge in [-0.05, 0) is 6.07 Å². The zero-order valence-corrected chi connectivity index (χ0v) is 8.42. The largest absolute Gasteiger partial charge is 0.490 e. The molecule has 0 saturated heterocycles. The molecule has 1 aliphatic rings. The van der Waals surface area contributed by atoms with Gasteiger partial charge in [0, 0.05) is 5.56 Å². The molecule has 0 fully saturated rings. The smallest absolute Gasteiger partial charge is 0.339 e. The quantitative estimate of drug-likeness (QED) is 0.762. The highest BCUT2D eigenvalue weighted by Gasteiger charge is 2.20. The molecular formula is C10H10N2O4. The summed E-state index contributed by atoms with van der Waals surface area (Å²) in [7, 11) is 0. The van der Waals surface area contributed by atoms with E-state index < -0.39 is 5.97 Å². The lowest BCUT2D eigenvalue weighted by Gasteiger charge is -2.10. The maximum Gasteiger partial charge on any atom is 0.339 e. The predicted octanol–water partition coefficient (Wildman–Crippen LogP) is 1.26. The summed E-state index contributed by atoms with van der Waals surface area (Å²) in [6, 6.07) is 4.83. The maximum atomic E-state index is 11.0. The molecule has 16 heavy (non-hydrogen) atoms. The van der Waals surface area contributed by atoms with Crippen molar-refractivity contribution in [2.45, 2.75) is 6.54 Å². The molecule has 0 aromatic heterocycles. The van der Waals surface area contributed by atoms with Crippen molar-refractivity contribution in [2.75, 3.05) is 13.2 Å². The minimum absolute atomic E-state index is 0.116. The number of para-hydroxylation sites is 1. The first-order chi connectivity index (χ1) is 7.72. The minimum atomic E-state index is -1.04. The fourth-order valence-corrected chi connectivity index (χ4v) is 1.65. The summed E-state index contributed by atoms with van der Waals surface area (Å²) >= 11 is 0. The van der Waals surface area contributed by atoms with Gasteiger partial charge in [-0.2, -0.15) is 0 Å². The second-order valence-corrected chi connectivity index (χ2v) is 3.42. The molecule has 0 radical (unpaired) electrons. The SMILES string of the molecule is O=NN1CCOc2c(cccc2C(=O)O)C1. The second kappa shape index (κ2) is 4.18. The van der Waals surface area contributed by atoms with Crippen LogP contribution in [-0.4, -0.2) is 29.2 Å². The normalized spacial score (nSPS) is 14.6. The first-order valence-electron chi connectivity index (χ1n) is 4.78. The monoisotopic (exact) mass is 222 g/mol. The van der Waals surface area contributed by atoms with Gasteiger partial charge in [0.15, 0.2) is 0 Å². The van der Waals surface area contributed by atoms with E-state index in [0.29, 0.717) is 17.9 Å². The van der Waals surface area contributed by atoms with Gasteiger partial charge in [-0.25, -0.2) is 4.79 Å². The summed E-state index contributed by atoms with van der Waals surface area (Å²) in [6.45, 7) is 0.889. The Morgan fingerprint density at radius 3 is 3.00 bits per heavy atom. The van der Waals surface area contributed by atoms with Crippen LogP contribution in [0, 0.1) is 4.91 Å². The molecule has 1 heterocycles. The number of nitroso groups, excluding NO2 is 1. The van der Waals surface area contributed by atoms with Gasteiger partial charge in [0.05, 0.1) is 18.4 Å². The van der Waals surface area contributed by atoms with Crippen LogP contribution in [0.1, 0.15) is 15.9 Å². The van der Waals surface area contributed by atoms with Crippen molar-refractivity contribution < 1.29 is 14.6 Å². The van der Waals surface area contributed by atoms with Crippen LogP contribution in [0.15, 0.2) is 23.5 Å². The number of benzene rings is 1. The van der Waals surface area contributed by atoms with Gasteiger partial charge in [-0.3, -0.25) is 5.01 Å². The first kappa shape index (κ1) is 10.4. The van der Waals surface area contributed by atoms with Crippen molar-refractivity contribution in [2.24, 2.45) is 5.29 Å². The third-order valence-electron chi connectivity index (χ3n) is 2.39. The average molecular weight is 222 g/mol. The zero-order chi connectivity index (χ0) is 11.5. The zero-order valence-electron chi connectivity index (χ0n) is 8.42. The summed E-state index contributed by atoms with van der Waals surface area (Å²) < 4.78 is 5.35. The Morgan fingerprint density at radius 2 is 2.31 bits per heavy atom. The number of carboxylic acid groups (broad SMARTS) is 1. The summed E-state index contributed by atoms with van der Waals surface area (Å²) in [4.78, 5) is 21.4. The number of nitrogens with zero attached hydrogens (tertiary/aromatic N) is 2. The summed E-state index contributed by atoms with van der Waals surface area (Å²) in [5, 5.41) is 13.1. The Labute approximate surface area is 91.4 Å². The van der Waals surface area contributed by atoms with Gasteiger partial charge in [0.1, 0.15) is 17.9 Å². The highest BCUT2D eigenvalue weighted by molar-refractivity contribution is 5.91. The number of carboxylic acids is 1. The van der Waals surface area contributed by atoms with Crippen molar-refractivity contribution in [1.82, 2.24) is 5.01 Å². The Balaban J connectivity index is 2.43. The molecule has 0 saturated carbocycles. The van der Waals surface area contributed by atoms with Crippen molar-refractivity contribution in [3.8, 4) is 5.75 Å². The highest BCUT2D eigenvalue weighted by atomic mass is 16.5. The van der Waals surface area contributed by atoms with Crippen LogP contribution >= 0.6 is 0 Å². The first-order valence-corrected chi connectivity index (χ1v) is 4.78. The number of ether oxygens (including phenoxy) is 1. The summed E-state index contributed by atoms with van der Waals surface area (Å²) in [5.74, 6) is -0.703. The van der Waals surface area contributed by atoms with Crippen LogP contribution in [0.5, 0.6) is 5.75 Å². The standard InChI is InChI=1S/C10H10N2O4/c13-10(14)8-3-1-2-7-6-12(11-15)4-5-16-9(7)8/h1-3H,4-6H2,(H,13,14). The lowest BCUT2D eigenvalue weighted by Crippen LogP contribution is -2.18. The van der Waals surface area contributed by atoms with Gasteiger partial charge < -0.3 is 9.84 Å². The lowest BCUT2D eigenvalue weighted by atomic mass is 10.1. The van der Waals surface area contributed by atoms with Crippen LogP contribution in [0.4, 0.5) is 0 Å². The Bertz CT molecular complexity index is 433. The molecule has 0 aliphatic carbocycles. The van der Waals surface area contributed by atoms with Gasteiger partial charge in [-0.15, -0.1) is 4.91 Å². The summed E-state index contributed by atoms with van der Waals surface area (Å²) in [5.41, 5.74) is 0.780. The third-order valence-corrected chi connectivity index (χ3v) is 2.39. The molecule has 6 heteroatoms. The number of fused-ring (bicyclic) bond motifs is 1. The molecule has 84 valence electrons. The van der Waals surface area contributed by atoms with E-state index in [1.165, 1.54) is 11.1 Å². The van der Waals surface area contributed by atoms with Gasteiger partial charge in [-0.1, -0.05) is 12.1 Å². The molecule has 2 rings (SSSR count). The number of carbonyl (C=O) groups is 1. The molecule has 6 nitrogen and oxygen atoms in total. The van der Waals surface area contributed by atoms with Gasteiger partial charge >= 0.3 is 5.97 Å². The van der Waals surface area contributed by atoms with E-state index in [-0.39, 0.29) is 18.7 Å². The van der Waals surface area contributed by atoms with Crippen LogP contribution < -0.4 is 4.74 Å². The van der Waals surface area contributed by atoms with E-state index in [0.717, 1.165) is 0 Å². The van der Waals surface area contributed by atoms with Crippen LogP contribution in [0.25, 0.3) is 0 Å². The van der Waals surface area contributed by atoms with Gasteiger partial charge in [0.2, 0.25) is 0 Å². The summed E-state index contributed by atoms with van der Waals surface area (Å²) in [6.07, 6.45) is 0. The molecule has 1 aromatic rings. The topological polar surface area (TPSA) is 79.2 Å². The van der Waals surface area contributed by atoms with Crippen molar-refractivity contribution in [3.05, 3.63) is 34.2 Å². The lowest BCUT2D eigenvalue weighted by molar-refractivity contribution is 0.0692. The van der Waals surface area contributed by atoms with E-state index in [1.54, 1.807) is 12.1 Å². The Morgan fingerprint density at radius 1 is 1.50 bits per heavy atom. The van der Waals surface area contributed by atoms with E-state index in [2.05, 4.69) is 5.29 Å². The number of hydrogen-bond acceptors (Lipinski definition) is 4. The second-order valence-electron chi connectivity index (χ2n) is 3.42. The third kappa shape index (κ3) is 1.81. The van der Waals surface area contributed by atoms with E-state index in [4.69, 9.17) is 9.84 Å². The fourth-order valence-electron chi connectivity index (χ4n) is 1.65. The van der Waals surface area contributed by atoms with Gasteiger partial charge in [0.25, 0.3) is 0 Å². The van der Waals surface area contributed by atoms with Crippen LogP contribution in [-0.2, 0) is 6.54 Å². The molecule has 0 bridgehead atoms. The highest BCUT2D eigenvalue weighted by Crippen LogP contribution is 2.27. The van der Waals surface area contributed by atoms with E-state index >= 15 is 0 Å². The molecule has 1 N–H and O–H groups in total. The molecule has 0 atom stereocenters. The molecular weight excluding hydrogens is 212 g/mol.